The number of thioether (sulfide) groups is 1. The second-order valence-electron chi connectivity index (χ2n) is 7.94. The molecule has 0 atom stereocenters. The van der Waals surface area contributed by atoms with Crippen LogP contribution in [-0.2, 0) is 15.3 Å². The molecule has 0 bridgehead atoms. The summed E-state index contributed by atoms with van der Waals surface area (Å²) < 4.78 is 19.3. The van der Waals surface area contributed by atoms with Crippen LogP contribution in [0.25, 0.3) is 0 Å². The summed E-state index contributed by atoms with van der Waals surface area (Å²) in [4.78, 5) is 32.3. The molecule has 32 heavy (non-hydrogen) atoms. The Kier molecular flexibility index (Phi) is 7.78. The van der Waals surface area contributed by atoms with Crippen LogP contribution >= 0.6 is 11.8 Å². The summed E-state index contributed by atoms with van der Waals surface area (Å²) in [6, 6.07) is 14.2. The van der Waals surface area contributed by atoms with Crippen molar-refractivity contribution in [1.82, 2.24) is 14.7 Å². The Bertz CT molecular complexity index is 944. The number of carbonyl (C=O) groups excluding carboxylic acids is 2. The van der Waals surface area contributed by atoms with Crippen molar-refractivity contribution in [3.05, 3.63) is 65.5 Å². The lowest BCUT2D eigenvalue weighted by Gasteiger charge is -2.36. The quantitative estimate of drug-likeness (QED) is 0.625. The summed E-state index contributed by atoms with van der Waals surface area (Å²) in [7, 11) is 0. The van der Waals surface area contributed by atoms with E-state index >= 15 is 0 Å². The number of hydrogen-bond donors (Lipinski definition) is 0. The zero-order chi connectivity index (χ0) is 22.3. The van der Waals surface area contributed by atoms with E-state index in [0.29, 0.717) is 75.9 Å². The highest BCUT2D eigenvalue weighted by molar-refractivity contribution is 7.98. The molecular weight excluding hydrogens is 429 g/mol. The Hall–Kier alpha value is -2.42. The van der Waals surface area contributed by atoms with Crippen molar-refractivity contribution < 1.29 is 18.7 Å². The smallest absolute Gasteiger partial charge is 0.255 e. The van der Waals surface area contributed by atoms with Gasteiger partial charge in [-0.2, -0.15) is 0 Å². The largest absolute Gasteiger partial charge is 0.378 e. The van der Waals surface area contributed by atoms with Crippen molar-refractivity contribution in [3.8, 4) is 0 Å². The Morgan fingerprint density at radius 1 is 0.875 bits per heavy atom. The summed E-state index contributed by atoms with van der Waals surface area (Å²) >= 11 is 1.47. The van der Waals surface area contributed by atoms with Gasteiger partial charge in [0.2, 0.25) is 5.91 Å². The first-order valence-electron chi connectivity index (χ1n) is 10.9. The van der Waals surface area contributed by atoms with Crippen LogP contribution in [0, 0.1) is 5.82 Å². The third-order valence-corrected chi connectivity index (χ3v) is 6.96. The molecular formula is C24H28FN3O3S. The Labute approximate surface area is 192 Å². The molecule has 0 aliphatic carbocycles. The monoisotopic (exact) mass is 457 g/mol. The molecule has 8 heteroatoms. The van der Waals surface area contributed by atoms with Crippen LogP contribution in [0.3, 0.4) is 0 Å². The first-order valence-corrected chi connectivity index (χ1v) is 11.9. The minimum atomic E-state index is -0.230. The summed E-state index contributed by atoms with van der Waals surface area (Å²) in [5, 5.41) is 0. The van der Waals surface area contributed by atoms with Gasteiger partial charge in [0.05, 0.1) is 25.3 Å². The van der Waals surface area contributed by atoms with Crippen molar-refractivity contribution in [2.45, 2.75) is 10.6 Å². The average molecular weight is 458 g/mol. The minimum absolute atomic E-state index is 0.0132. The number of ether oxygens (including phenoxy) is 1. The lowest BCUT2D eigenvalue weighted by Crippen LogP contribution is -2.52. The highest BCUT2D eigenvalue weighted by atomic mass is 32.2. The van der Waals surface area contributed by atoms with E-state index in [1.165, 1.54) is 17.8 Å². The van der Waals surface area contributed by atoms with Gasteiger partial charge >= 0.3 is 0 Å². The molecule has 6 nitrogen and oxygen atoms in total. The van der Waals surface area contributed by atoms with Gasteiger partial charge in [0.1, 0.15) is 5.82 Å². The highest BCUT2D eigenvalue weighted by Gasteiger charge is 2.26. The number of hydrogen-bond acceptors (Lipinski definition) is 5. The van der Waals surface area contributed by atoms with E-state index in [1.807, 2.05) is 40.1 Å². The molecule has 0 N–H and O–H groups in total. The number of morpholine rings is 1. The maximum absolute atomic E-state index is 14.0. The second kappa shape index (κ2) is 10.9. The number of amides is 2. The van der Waals surface area contributed by atoms with E-state index in [1.54, 1.807) is 12.1 Å². The fourth-order valence-electron chi connectivity index (χ4n) is 3.92. The van der Waals surface area contributed by atoms with Gasteiger partial charge in [0.15, 0.2) is 0 Å². The lowest BCUT2D eigenvalue weighted by molar-refractivity contribution is -0.136. The molecule has 0 spiro atoms. The normalized spacial score (nSPS) is 17.4. The zero-order valence-corrected chi connectivity index (χ0v) is 18.9. The van der Waals surface area contributed by atoms with E-state index < -0.39 is 0 Å². The van der Waals surface area contributed by atoms with E-state index in [-0.39, 0.29) is 17.6 Å². The number of nitrogens with zero attached hydrogens (tertiary/aromatic N) is 3. The van der Waals surface area contributed by atoms with Crippen molar-refractivity contribution in [2.24, 2.45) is 0 Å². The van der Waals surface area contributed by atoms with Gasteiger partial charge in [-0.05, 0) is 23.8 Å². The number of carbonyl (C=O) groups is 2. The molecule has 2 aromatic rings. The molecule has 2 aromatic carbocycles. The number of benzene rings is 2. The van der Waals surface area contributed by atoms with Gasteiger partial charge in [0.25, 0.3) is 5.91 Å². The van der Waals surface area contributed by atoms with Crippen molar-refractivity contribution in [2.75, 3.05) is 59.0 Å². The molecule has 2 heterocycles. The summed E-state index contributed by atoms with van der Waals surface area (Å²) in [5.74, 6) is 0.351. The van der Waals surface area contributed by atoms with E-state index in [2.05, 4.69) is 4.90 Å². The van der Waals surface area contributed by atoms with Crippen LogP contribution in [-0.4, -0.2) is 85.5 Å². The fraction of sp³-hybridized carbons (Fsp3) is 0.417. The molecule has 0 unspecified atom stereocenters. The van der Waals surface area contributed by atoms with Gasteiger partial charge < -0.3 is 14.5 Å². The lowest BCUT2D eigenvalue weighted by atomic mass is 10.1. The number of rotatable bonds is 6. The minimum Gasteiger partial charge on any atom is -0.378 e. The molecule has 0 radical (unpaired) electrons. The molecule has 2 aliphatic heterocycles. The standard InChI is InChI=1S/C24H28FN3O3S/c25-21-7-3-1-5-19(21)18-32-22-8-4-2-6-20(22)24(30)28-11-9-26(10-12-28)17-23(29)27-13-15-31-16-14-27/h1-8H,9-18H2. The molecule has 2 saturated heterocycles. The fourth-order valence-corrected chi connectivity index (χ4v) is 4.95. The molecule has 2 amide bonds. The van der Waals surface area contributed by atoms with Crippen molar-refractivity contribution in [3.63, 3.8) is 0 Å². The van der Waals surface area contributed by atoms with E-state index in [4.69, 9.17) is 4.74 Å². The Morgan fingerprint density at radius 2 is 1.56 bits per heavy atom. The maximum atomic E-state index is 14.0. The molecule has 4 rings (SSSR count). The molecule has 2 aliphatic rings. The summed E-state index contributed by atoms with van der Waals surface area (Å²) in [6.07, 6.45) is 0. The van der Waals surface area contributed by atoms with Crippen LogP contribution in [0.1, 0.15) is 15.9 Å². The molecule has 0 aromatic heterocycles. The molecule has 0 saturated carbocycles. The van der Waals surface area contributed by atoms with Crippen molar-refractivity contribution in [1.29, 1.82) is 0 Å². The highest BCUT2D eigenvalue weighted by Crippen LogP contribution is 2.28. The van der Waals surface area contributed by atoms with Gasteiger partial charge in [-0.15, -0.1) is 11.8 Å². The molecule has 170 valence electrons. The molecule has 2 fully saturated rings. The topological polar surface area (TPSA) is 53.1 Å². The number of piperazine rings is 1. The van der Waals surface area contributed by atoms with Crippen molar-refractivity contribution >= 4 is 23.6 Å². The predicted octanol–water partition coefficient (Wildman–Crippen LogP) is 2.73. The maximum Gasteiger partial charge on any atom is 0.255 e. The first kappa shape index (κ1) is 22.8. The Balaban J connectivity index is 1.32. The van der Waals surface area contributed by atoms with E-state index in [0.717, 1.165) is 4.90 Å². The van der Waals surface area contributed by atoms with Crippen LogP contribution in [0.4, 0.5) is 4.39 Å². The zero-order valence-electron chi connectivity index (χ0n) is 18.0. The first-order chi connectivity index (χ1) is 15.6. The van der Waals surface area contributed by atoms with Gasteiger partial charge in [-0.1, -0.05) is 30.3 Å². The van der Waals surface area contributed by atoms with Crippen LogP contribution in [0.5, 0.6) is 0 Å². The van der Waals surface area contributed by atoms with E-state index in [9.17, 15) is 14.0 Å². The third kappa shape index (κ3) is 5.68. The second-order valence-corrected chi connectivity index (χ2v) is 8.95. The predicted molar refractivity (Wildman–Crippen MR) is 122 cm³/mol. The number of halogens is 1. The summed E-state index contributed by atoms with van der Waals surface area (Å²) in [5.41, 5.74) is 1.27. The van der Waals surface area contributed by atoms with Crippen LogP contribution in [0.15, 0.2) is 53.4 Å². The van der Waals surface area contributed by atoms with Gasteiger partial charge in [-0.25, -0.2) is 4.39 Å². The average Bonchev–Trinajstić information content (AvgIpc) is 2.84. The Morgan fingerprint density at radius 3 is 2.31 bits per heavy atom. The van der Waals surface area contributed by atoms with Gasteiger partial charge in [0, 0.05) is 49.9 Å². The van der Waals surface area contributed by atoms with Crippen LogP contribution in [0.2, 0.25) is 0 Å². The SMILES string of the molecule is O=C(CN1CCN(C(=O)c2ccccc2SCc2ccccc2F)CC1)N1CCOCC1. The van der Waals surface area contributed by atoms with Gasteiger partial charge in [-0.3, -0.25) is 14.5 Å². The van der Waals surface area contributed by atoms with Crippen LogP contribution < -0.4 is 0 Å². The third-order valence-electron chi connectivity index (χ3n) is 5.84. The summed E-state index contributed by atoms with van der Waals surface area (Å²) in [6.45, 7) is 5.40.